The van der Waals surface area contributed by atoms with Gasteiger partial charge in [-0.3, -0.25) is 4.79 Å². The lowest BCUT2D eigenvalue weighted by molar-refractivity contribution is -0.135. The maximum absolute atomic E-state index is 14.0. The van der Waals surface area contributed by atoms with Crippen LogP contribution in [0.25, 0.3) is 0 Å². The van der Waals surface area contributed by atoms with Gasteiger partial charge in [0.2, 0.25) is 5.91 Å². The SMILES string of the molecule is O=C(CBr)N(C1CC1)C(c1cccc(Cl)c1F)C(F)F. The molecule has 0 bridgehead atoms. The zero-order valence-electron chi connectivity index (χ0n) is 10.3. The van der Waals surface area contributed by atoms with Gasteiger partial charge in [0.1, 0.15) is 11.9 Å². The predicted molar refractivity (Wildman–Crippen MR) is 73.8 cm³/mol. The van der Waals surface area contributed by atoms with Gasteiger partial charge < -0.3 is 4.90 Å². The van der Waals surface area contributed by atoms with Crippen LogP contribution in [-0.4, -0.2) is 28.6 Å². The molecule has 0 heterocycles. The monoisotopic (exact) mass is 369 g/mol. The molecule has 1 unspecified atom stereocenters. The van der Waals surface area contributed by atoms with E-state index in [4.69, 9.17) is 11.6 Å². The van der Waals surface area contributed by atoms with Crippen LogP contribution < -0.4 is 0 Å². The van der Waals surface area contributed by atoms with Crippen LogP contribution >= 0.6 is 27.5 Å². The Hall–Kier alpha value is -0.750. The molecule has 20 heavy (non-hydrogen) atoms. The number of amides is 1. The van der Waals surface area contributed by atoms with E-state index in [1.165, 1.54) is 18.2 Å². The maximum atomic E-state index is 14.0. The van der Waals surface area contributed by atoms with Crippen LogP contribution in [-0.2, 0) is 4.79 Å². The molecule has 1 amide bonds. The van der Waals surface area contributed by atoms with Gasteiger partial charge in [-0.25, -0.2) is 13.2 Å². The largest absolute Gasteiger partial charge is 0.326 e. The van der Waals surface area contributed by atoms with Crippen molar-refractivity contribution >= 4 is 33.4 Å². The van der Waals surface area contributed by atoms with Gasteiger partial charge >= 0.3 is 0 Å². The lowest BCUT2D eigenvalue weighted by atomic mass is 10.0. The van der Waals surface area contributed by atoms with Gasteiger partial charge in [0.25, 0.3) is 6.43 Å². The molecule has 0 aliphatic heterocycles. The standard InChI is InChI=1S/C13H12BrClF3NO/c14-6-10(20)19(7-4-5-7)12(13(17)18)8-2-1-3-9(15)11(8)16/h1-3,7,12-13H,4-6H2. The van der Waals surface area contributed by atoms with E-state index in [2.05, 4.69) is 15.9 Å². The Morgan fingerprint density at radius 2 is 2.10 bits per heavy atom. The zero-order chi connectivity index (χ0) is 14.9. The quantitative estimate of drug-likeness (QED) is 0.712. The topological polar surface area (TPSA) is 20.3 Å². The Morgan fingerprint density at radius 3 is 2.60 bits per heavy atom. The summed E-state index contributed by atoms with van der Waals surface area (Å²) in [5.74, 6) is -1.37. The molecule has 0 radical (unpaired) electrons. The number of alkyl halides is 3. The van der Waals surface area contributed by atoms with Crippen molar-refractivity contribution in [3.63, 3.8) is 0 Å². The normalized spacial score (nSPS) is 16.3. The number of nitrogens with zero attached hydrogens (tertiary/aromatic N) is 1. The summed E-state index contributed by atoms with van der Waals surface area (Å²) in [6.45, 7) is 0. The Bertz CT molecular complexity index is 510. The Labute approximate surface area is 128 Å². The van der Waals surface area contributed by atoms with Crippen molar-refractivity contribution in [2.75, 3.05) is 5.33 Å². The van der Waals surface area contributed by atoms with E-state index in [1.807, 2.05) is 0 Å². The van der Waals surface area contributed by atoms with Crippen molar-refractivity contribution in [2.45, 2.75) is 31.4 Å². The van der Waals surface area contributed by atoms with Crippen LogP contribution in [0, 0.1) is 5.82 Å². The summed E-state index contributed by atoms with van der Waals surface area (Å²) in [6, 6.07) is 2.08. The Balaban J connectivity index is 2.44. The van der Waals surface area contributed by atoms with E-state index in [0.29, 0.717) is 12.8 Å². The van der Waals surface area contributed by atoms with E-state index < -0.39 is 24.2 Å². The molecule has 7 heteroatoms. The van der Waals surface area contributed by atoms with Crippen molar-refractivity contribution in [1.29, 1.82) is 0 Å². The number of hydrogen-bond acceptors (Lipinski definition) is 1. The van der Waals surface area contributed by atoms with Gasteiger partial charge in [-0.1, -0.05) is 39.7 Å². The third-order valence-electron chi connectivity index (χ3n) is 3.18. The molecule has 0 spiro atoms. The second-order valence-corrected chi connectivity index (χ2v) is 5.56. The van der Waals surface area contributed by atoms with Crippen molar-refractivity contribution < 1.29 is 18.0 Å². The van der Waals surface area contributed by atoms with E-state index in [9.17, 15) is 18.0 Å². The van der Waals surface area contributed by atoms with Crippen molar-refractivity contribution in [2.24, 2.45) is 0 Å². The second-order valence-electron chi connectivity index (χ2n) is 4.59. The smallest absolute Gasteiger partial charge is 0.262 e. The molecule has 1 aliphatic rings. The summed E-state index contributed by atoms with van der Waals surface area (Å²) in [4.78, 5) is 13.0. The molecule has 1 aliphatic carbocycles. The highest BCUT2D eigenvalue weighted by atomic mass is 79.9. The molecule has 0 aromatic heterocycles. The number of carbonyl (C=O) groups is 1. The fourth-order valence-corrected chi connectivity index (χ4v) is 2.63. The molecule has 110 valence electrons. The first-order valence-corrected chi connectivity index (χ1v) is 7.56. The number of benzene rings is 1. The fourth-order valence-electron chi connectivity index (χ4n) is 2.16. The second kappa shape index (κ2) is 6.35. The Morgan fingerprint density at radius 1 is 1.45 bits per heavy atom. The number of carbonyl (C=O) groups excluding carboxylic acids is 1. The van der Waals surface area contributed by atoms with Crippen molar-refractivity contribution in [3.05, 3.63) is 34.6 Å². The highest BCUT2D eigenvalue weighted by Crippen LogP contribution is 2.39. The van der Waals surface area contributed by atoms with Gasteiger partial charge in [0, 0.05) is 11.6 Å². The summed E-state index contributed by atoms with van der Waals surface area (Å²) in [6.07, 6.45) is -1.57. The van der Waals surface area contributed by atoms with Crippen molar-refractivity contribution in [3.8, 4) is 0 Å². The van der Waals surface area contributed by atoms with Gasteiger partial charge in [-0.15, -0.1) is 0 Å². The van der Waals surface area contributed by atoms with Gasteiger partial charge in [-0.2, -0.15) is 0 Å². The number of rotatable bonds is 5. The van der Waals surface area contributed by atoms with Crippen LogP contribution in [0.3, 0.4) is 0 Å². The molecule has 1 aromatic carbocycles. The van der Waals surface area contributed by atoms with Crippen LogP contribution in [0.15, 0.2) is 18.2 Å². The van der Waals surface area contributed by atoms with Crippen LogP contribution in [0.1, 0.15) is 24.4 Å². The third-order valence-corrected chi connectivity index (χ3v) is 3.95. The average molecular weight is 371 g/mol. The van der Waals surface area contributed by atoms with Gasteiger partial charge in [0.05, 0.1) is 10.4 Å². The first kappa shape index (κ1) is 15.6. The molecule has 2 rings (SSSR count). The van der Waals surface area contributed by atoms with E-state index in [-0.39, 0.29) is 22.0 Å². The number of hydrogen-bond donors (Lipinski definition) is 0. The van der Waals surface area contributed by atoms with Crippen LogP contribution in [0.4, 0.5) is 13.2 Å². The lowest BCUT2D eigenvalue weighted by Gasteiger charge is -2.31. The first-order chi connectivity index (χ1) is 9.47. The molecule has 0 N–H and O–H groups in total. The fraction of sp³-hybridized carbons (Fsp3) is 0.462. The zero-order valence-corrected chi connectivity index (χ0v) is 12.7. The van der Waals surface area contributed by atoms with Crippen LogP contribution in [0.5, 0.6) is 0 Å². The molecule has 1 aromatic rings. The van der Waals surface area contributed by atoms with Gasteiger partial charge in [0.15, 0.2) is 0 Å². The van der Waals surface area contributed by atoms with Gasteiger partial charge in [-0.05, 0) is 18.9 Å². The summed E-state index contributed by atoms with van der Waals surface area (Å²) in [5, 5.41) is -0.301. The lowest BCUT2D eigenvalue weighted by Crippen LogP contribution is -2.41. The molecule has 1 saturated carbocycles. The molecule has 1 atom stereocenters. The van der Waals surface area contributed by atoms with E-state index in [0.717, 1.165) is 4.90 Å². The summed E-state index contributed by atoms with van der Waals surface area (Å²) >= 11 is 8.62. The van der Waals surface area contributed by atoms with E-state index in [1.54, 1.807) is 0 Å². The van der Waals surface area contributed by atoms with Crippen LogP contribution in [0.2, 0.25) is 5.02 Å². The maximum Gasteiger partial charge on any atom is 0.262 e. The minimum Gasteiger partial charge on any atom is -0.326 e. The highest BCUT2D eigenvalue weighted by molar-refractivity contribution is 9.09. The average Bonchev–Trinajstić information content (AvgIpc) is 3.23. The predicted octanol–water partition coefficient (Wildman–Crippen LogP) is 4.17. The third kappa shape index (κ3) is 3.11. The molecular weight excluding hydrogens is 358 g/mol. The summed E-state index contributed by atoms with van der Waals surface area (Å²) < 4.78 is 40.8. The van der Waals surface area contributed by atoms with E-state index >= 15 is 0 Å². The Kier molecular flexibility index (Phi) is 4.96. The van der Waals surface area contributed by atoms with Crippen molar-refractivity contribution in [1.82, 2.24) is 4.90 Å². The first-order valence-electron chi connectivity index (χ1n) is 6.06. The highest BCUT2D eigenvalue weighted by Gasteiger charge is 2.42. The summed E-state index contributed by atoms with van der Waals surface area (Å²) in [5.41, 5.74) is -0.242. The minimum absolute atomic E-state index is 0.0745. The molecule has 0 saturated heterocycles. The minimum atomic E-state index is -2.88. The molecule has 1 fully saturated rings. The number of halogens is 5. The molecular formula is C13H12BrClF3NO. The summed E-state index contributed by atoms with van der Waals surface area (Å²) in [7, 11) is 0. The molecule has 2 nitrogen and oxygen atoms in total.